The second-order valence-electron chi connectivity index (χ2n) is 7.99. The maximum atomic E-state index is 13.1. The van der Waals surface area contributed by atoms with Crippen molar-refractivity contribution in [2.45, 2.75) is 33.2 Å². The fourth-order valence-corrected chi connectivity index (χ4v) is 4.01. The minimum Gasteiger partial charge on any atom is -0.508 e. The van der Waals surface area contributed by atoms with Crippen LogP contribution in [0.4, 0.5) is 0 Å². The molecular weight excluding hydrogens is 420 g/mol. The monoisotopic (exact) mass is 452 g/mol. The fourth-order valence-electron chi connectivity index (χ4n) is 4.01. The minimum absolute atomic E-state index is 0.0397. The molecule has 2 aromatic rings. The summed E-state index contributed by atoms with van der Waals surface area (Å²) in [6.45, 7) is 9.23. The van der Waals surface area contributed by atoms with Gasteiger partial charge in [0, 0.05) is 18.7 Å². The molecule has 0 spiro atoms. The Balaban J connectivity index is 2.06. The SMILES string of the molecule is CCCOc1cccc(C(O)=C2C(=O)C(=O)N(CCN(CC)CC)C2c2ccc(O)cc2)c1. The van der Waals surface area contributed by atoms with Crippen molar-refractivity contribution in [3.8, 4) is 11.5 Å². The number of phenols is 1. The Morgan fingerprint density at radius 3 is 2.39 bits per heavy atom. The molecule has 33 heavy (non-hydrogen) atoms. The molecule has 176 valence electrons. The number of Topliss-reactive ketones (excluding diaryl/α,β-unsaturated/α-hetero) is 1. The second kappa shape index (κ2) is 11.0. The van der Waals surface area contributed by atoms with Crippen LogP contribution in [0.5, 0.6) is 11.5 Å². The molecule has 3 rings (SSSR count). The highest BCUT2D eigenvalue weighted by atomic mass is 16.5. The number of aliphatic hydroxyl groups is 1. The van der Waals surface area contributed by atoms with E-state index < -0.39 is 17.7 Å². The first-order chi connectivity index (χ1) is 15.9. The molecule has 2 N–H and O–H groups in total. The van der Waals surface area contributed by atoms with Crippen LogP contribution in [-0.4, -0.2) is 64.5 Å². The quantitative estimate of drug-likeness (QED) is 0.322. The second-order valence-corrected chi connectivity index (χ2v) is 7.99. The Morgan fingerprint density at radius 1 is 1.06 bits per heavy atom. The summed E-state index contributed by atoms with van der Waals surface area (Å²) in [4.78, 5) is 29.8. The molecule has 1 atom stereocenters. The van der Waals surface area contributed by atoms with Crippen LogP contribution in [0.1, 0.15) is 44.4 Å². The number of carbonyl (C=O) groups excluding carboxylic acids is 2. The van der Waals surface area contributed by atoms with E-state index in [4.69, 9.17) is 4.74 Å². The van der Waals surface area contributed by atoms with E-state index in [0.29, 0.717) is 36.6 Å². The maximum absolute atomic E-state index is 13.1. The average molecular weight is 453 g/mol. The van der Waals surface area contributed by atoms with Crippen molar-refractivity contribution < 1.29 is 24.5 Å². The highest BCUT2D eigenvalue weighted by molar-refractivity contribution is 6.46. The summed E-state index contributed by atoms with van der Waals surface area (Å²) in [6.07, 6.45) is 0.842. The van der Waals surface area contributed by atoms with Gasteiger partial charge < -0.3 is 24.7 Å². The number of hydrogen-bond donors (Lipinski definition) is 2. The van der Waals surface area contributed by atoms with Crippen molar-refractivity contribution in [1.29, 1.82) is 0 Å². The largest absolute Gasteiger partial charge is 0.508 e. The van der Waals surface area contributed by atoms with Crippen LogP contribution in [-0.2, 0) is 9.59 Å². The van der Waals surface area contributed by atoms with E-state index in [0.717, 1.165) is 19.5 Å². The summed E-state index contributed by atoms with van der Waals surface area (Å²) in [5.74, 6) is -0.929. The van der Waals surface area contributed by atoms with E-state index in [1.165, 1.54) is 17.0 Å². The van der Waals surface area contributed by atoms with E-state index in [1.807, 2.05) is 20.8 Å². The number of likely N-dealkylation sites (N-methyl/N-ethyl adjacent to an activating group) is 1. The van der Waals surface area contributed by atoms with Crippen molar-refractivity contribution in [1.82, 2.24) is 9.80 Å². The first-order valence-electron chi connectivity index (χ1n) is 11.4. The molecule has 1 unspecified atom stereocenters. The van der Waals surface area contributed by atoms with Gasteiger partial charge >= 0.3 is 0 Å². The lowest BCUT2D eigenvalue weighted by atomic mass is 9.95. The Bertz CT molecular complexity index is 1010. The van der Waals surface area contributed by atoms with Gasteiger partial charge in [-0.2, -0.15) is 0 Å². The smallest absolute Gasteiger partial charge is 0.295 e. The molecule has 7 heteroatoms. The van der Waals surface area contributed by atoms with Gasteiger partial charge in [-0.3, -0.25) is 9.59 Å². The molecule has 0 radical (unpaired) electrons. The zero-order valence-corrected chi connectivity index (χ0v) is 19.5. The van der Waals surface area contributed by atoms with Crippen LogP contribution < -0.4 is 4.74 Å². The zero-order chi connectivity index (χ0) is 24.0. The third-order valence-corrected chi connectivity index (χ3v) is 5.88. The van der Waals surface area contributed by atoms with Crippen LogP contribution in [0.15, 0.2) is 54.1 Å². The van der Waals surface area contributed by atoms with Crippen LogP contribution in [0.2, 0.25) is 0 Å². The molecule has 1 saturated heterocycles. The molecule has 0 bridgehead atoms. The fraction of sp³-hybridized carbons (Fsp3) is 0.385. The summed E-state index contributed by atoms with van der Waals surface area (Å²) >= 11 is 0. The van der Waals surface area contributed by atoms with Gasteiger partial charge in [0.1, 0.15) is 17.3 Å². The average Bonchev–Trinajstić information content (AvgIpc) is 3.08. The number of nitrogens with zero attached hydrogens (tertiary/aromatic N) is 2. The first kappa shape index (κ1) is 24.3. The maximum Gasteiger partial charge on any atom is 0.295 e. The van der Waals surface area contributed by atoms with E-state index >= 15 is 0 Å². The summed E-state index contributed by atoms with van der Waals surface area (Å²) < 4.78 is 5.66. The van der Waals surface area contributed by atoms with Gasteiger partial charge in [-0.25, -0.2) is 0 Å². The van der Waals surface area contributed by atoms with Crippen molar-refractivity contribution in [2.24, 2.45) is 0 Å². The van der Waals surface area contributed by atoms with Crippen molar-refractivity contribution in [3.05, 3.63) is 65.2 Å². The van der Waals surface area contributed by atoms with Crippen molar-refractivity contribution in [2.75, 3.05) is 32.8 Å². The lowest BCUT2D eigenvalue weighted by molar-refractivity contribution is -0.140. The standard InChI is InChI=1S/C26H32N2O5/c1-4-16-33-21-9-7-8-19(17-21)24(30)22-23(18-10-12-20(29)13-11-18)28(26(32)25(22)31)15-14-27(5-2)6-3/h7-13,17,23,29-30H,4-6,14-16H2,1-3H3. The molecular formula is C26H32N2O5. The van der Waals surface area contributed by atoms with Crippen LogP contribution in [0.25, 0.3) is 5.76 Å². The van der Waals surface area contributed by atoms with Gasteiger partial charge in [-0.1, -0.05) is 45.0 Å². The molecule has 0 saturated carbocycles. The Kier molecular flexibility index (Phi) is 8.11. The predicted octanol–water partition coefficient (Wildman–Crippen LogP) is 3.94. The number of benzene rings is 2. The van der Waals surface area contributed by atoms with Gasteiger partial charge in [-0.05, 0) is 49.3 Å². The van der Waals surface area contributed by atoms with Crippen molar-refractivity contribution >= 4 is 17.4 Å². The number of phenolic OH excluding ortho intramolecular Hbond substituents is 1. The molecule has 1 heterocycles. The Hall–Kier alpha value is -3.32. The van der Waals surface area contributed by atoms with E-state index in [2.05, 4.69) is 4.90 Å². The molecule has 2 aromatic carbocycles. The van der Waals surface area contributed by atoms with E-state index in [-0.39, 0.29) is 17.1 Å². The minimum atomic E-state index is -0.749. The molecule has 1 fully saturated rings. The predicted molar refractivity (Wildman–Crippen MR) is 127 cm³/mol. The lowest BCUT2D eigenvalue weighted by Gasteiger charge is -2.28. The number of aliphatic hydroxyl groups excluding tert-OH is 1. The molecule has 1 amide bonds. The summed E-state index contributed by atoms with van der Waals surface area (Å²) in [5.41, 5.74) is 1.10. The summed E-state index contributed by atoms with van der Waals surface area (Å²) in [7, 11) is 0. The number of carbonyl (C=O) groups is 2. The molecule has 0 aromatic heterocycles. The summed E-state index contributed by atoms with van der Waals surface area (Å²) in [6, 6.07) is 12.5. The van der Waals surface area contributed by atoms with Gasteiger partial charge in [0.2, 0.25) is 0 Å². The Labute approximate surface area is 194 Å². The number of hydrogen-bond acceptors (Lipinski definition) is 6. The summed E-state index contributed by atoms with van der Waals surface area (Å²) in [5, 5.41) is 20.9. The Morgan fingerprint density at radius 2 is 1.76 bits per heavy atom. The van der Waals surface area contributed by atoms with Gasteiger partial charge in [0.25, 0.3) is 11.7 Å². The molecule has 1 aliphatic rings. The number of aromatic hydroxyl groups is 1. The topological polar surface area (TPSA) is 90.3 Å². The van der Waals surface area contributed by atoms with Gasteiger partial charge in [0.05, 0.1) is 18.2 Å². The van der Waals surface area contributed by atoms with E-state index in [1.54, 1.807) is 36.4 Å². The van der Waals surface area contributed by atoms with Crippen LogP contribution in [0.3, 0.4) is 0 Å². The third-order valence-electron chi connectivity index (χ3n) is 5.88. The third kappa shape index (κ3) is 5.37. The van der Waals surface area contributed by atoms with Gasteiger partial charge in [0.15, 0.2) is 0 Å². The van der Waals surface area contributed by atoms with Crippen LogP contribution in [0, 0.1) is 0 Å². The zero-order valence-electron chi connectivity index (χ0n) is 19.5. The number of rotatable bonds is 10. The molecule has 1 aliphatic heterocycles. The van der Waals surface area contributed by atoms with Gasteiger partial charge in [-0.15, -0.1) is 0 Å². The number of likely N-dealkylation sites (tertiary alicyclic amines) is 1. The number of ether oxygens (including phenoxy) is 1. The number of ketones is 1. The van der Waals surface area contributed by atoms with Crippen molar-refractivity contribution in [3.63, 3.8) is 0 Å². The highest BCUT2D eigenvalue weighted by Gasteiger charge is 2.46. The first-order valence-corrected chi connectivity index (χ1v) is 11.4. The molecule has 0 aliphatic carbocycles. The highest BCUT2D eigenvalue weighted by Crippen LogP contribution is 2.40. The van der Waals surface area contributed by atoms with E-state index in [9.17, 15) is 19.8 Å². The normalized spacial score (nSPS) is 17.7. The number of amides is 1. The lowest BCUT2D eigenvalue weighted by Crippen LogP contribution is -2.38. The van der Waals surface area contributed by atoms with Crippen LogP contribution >= 0.6 is 0 Å². The molecule has 7 nitrogen and oxygen atoms in total.